The van der Waals surface area contributed by atoms with E-state index in [0.29, 0.717) is 0 Å². The van der Waals surface area contributed by atoms with Gasteiger partial charge in [-0.05, 0) is 12.1 Å². The lowest BCUT2D eigenvalue weighted by Gasteiger charge is -2.24. The van der Waals surface area contributed by atoms with Gasteiger partial charge in [0.15, 0.2) is 5.09 Å². The predicted molar refractivity (Wildman–Crippen MR) is 52.0 cm³/mol. The highest BCUT2D eigenvalue weighted by atomic mass is 32.2. The van der Waals surface area contributed by atoms with E-state index in [1.54, 1.807) is 0 Å². The quantitative estimate of drug-likeness (QED) is 0.509. The van der Waals surface area contributed by atoms with Crippen molar-refractivity contribution in [2.24, 2.45) is 0 Å². The smallest absolute Gasteiger partial charge is 0.423 e. The largest absolute Gasteiger partial charge is 0.456 e. The molecule has 1 unspecified atom stereocenters. The highest BCUT2D eigenvalue weighted by Crippen LogP contribution is 2.41. The summed E-state index contributed by atoms with van der Waals surface area (Å²) in [6.07, 6.45) is -8.74. The van der Waals surface area contributed by atoms with Crippen LogP contribution in [0.25, 0.3) is 0 Å². The van der Waals surface area contributed by atoms with Crippen LogP contribution in [0.4, 0.5) is 22.0 Å². The van der Waals surface area contributed by atoms with Crippen molar-refractivity contribution in [3.8, 4) is 0 Å². The summed E-state index contributed by atoms with van der Waals surface area (Å²) < 4.78 is 100. The molecular weight excluding hydrogens is 323 g/mol. The molecule has 0 aliphatic carbocycles. The molecule has 0 aliphatic rings. The summed E-state index contributed by atoms with van der Waals surface area (Å²) in [5, 5.41) is -5.86. The molecule has 0 amide bonds. The molecule has 1 rings (SSSR count). The van der Waals surface area contributed by atoms with E-state index in [1.165, 1.54) is 6.07 Å². The average molecular weight is 328 g/mol. The van der Waals surface area contributed by atoms with Crippen LogP contribution in [-0.2, 0) is 14.3 Å². The first kappa shape index (κ1) is 16.2. The number of furan rings is 1. The molecular formula is C7H5F5O5S2. The van der Waals surface area contributed by atoms with E-state index in [9.17, 15) is 30.4 Å². The first-order valence-corrected chi connectivity index (χ1v) is 6.43. The molecule has 1 atom stereocenters. The molecule has 110 valence electrons. The maximum atomic E-state index is 13.0. The van der Waals surface area contributed by atoms with Crippen LogP contribution >= 0.6 is 12.0 Å². The van der Waals surface area contributed by atoms with Crippen LogP contribution in [0.1, 0.15) is 0 Å². The van der Waals surface area contributed by atoms with Gasteiger partial charge in [-0.25, -0.2) is 0 Å². The number of hydrogen-bond acceptors (Lipinski definition) is 5. The molecule has 0 fully saturated rings. The molecule has 1 heterocycles. The van der Waals surface area contributed by atoms with Crippen LogP contribution in [-0.4, -0.2) is 30.5 Å². The minimum Gasteiger partial charge on any atom is -0.456 e. The van der Waals surface area contributed by atoms with E-state index in [4.69, 9.17) is 4.55 Å². The lowest BCUT2D eigenvalue weighted by Crippen LogP contribution is -2.50. The first-order valence-electron chi connectivity index (χ1n) is 4.24. The summed E-state index contributed by atoms with van der Waals surface area (Å²) in [6.45, 7) is 0. The van der Waals surface area contributed by atoms with Gasteiger partial charge in [-0.3, -0.25) is 8.74 Å². The number of hydrogen-bond donors (Lipinski definition) is 1. The Labute approximate surface area is 107 Å². The summed E-state index contributed by atoms with van der Waals surface area (Å²) in [6, 6.07) is 2.35. The summed E-state index contributed by atoms with van der Waals surface area (Å²) in [7, 11) is -6.30. The van der Waals surface area contributed by atoms with Gasteiger partial charge in [-0.2, -0.15) is 30.4 Å². The van der Waals surface area contributed by atoms with Crippen LogP contribution in [0.2, 0.25) is 0 Å². The Kier molecular flexibility index (Phi) is 4.49. The number of rotatable bonds is 5. The third-order valence-electron chi connectivity index (χ3n) is 1.67. The van der Waals surface area contributed by atoms with Gasteiger partial charge in [0.05, 0.1) is 18.3 Å². The van der Waals surface area contributed by atoms with E-state index in [0.717, 1.165) is 12.3 Å². The third kappa shape index (κ3) is 3.81. The van der Waals surface area contributed by atoms with Crippen molar-refractivity contribution in [3.05, 3.63) is 18.4 Å². The van der Waals surface area contributed by atoms with Crippen LogP contribution in [0, 0.1) is 0 Å². The minimum absolute atomic E-state index is 0.237. The molecule has 1 aromatic rings. The van der Waals surface area contributed by atoms with Gasteiger partial charge < -0.3 is 4.42 Å². The Balaban J connectivity index is 2.97. The Morgan fingerprint density at radius 1 is 1.32 bits per heavy atom. The van der Waals surface area contributed by atoms with Crippen LogP contribution < -0.4 is 0 Å². The van der Waals surface area contributed by atoms with E-state index in [1.807, 2.05) is 0 Å². The molecule has 0 spiro atoms. The van der Waals surface area contributed by atoms with E-state index >= 15 is 0 Å². The first-order chi connectivity index (χ1) is 8.46. The molecule has 12 heteroatoms. The molecule has 5 nitrogen and oxygen atoms in total. The fraction of sp³-hybridized carbons (Fsp3) is 0.429. The zero-order valence-corrected chi connectivity index (χ0v) is 10.2. The Hall–Kier alpha value is -0.850. The fourth-order valence-corrected chi connectivity index (χ4v) is 2.01. The van der Waals surface area contributed by atoms with Gasteiger partial charge in [0, 0.05) is 0 Å². The lowest BCUT2D eigenvalue weighted by atomic mass is 10.4. The average Bonchev–Trinajstić information content (AvgIpc) is 2.66. The molecule has 0 radical (unpaired) electrons. The van der Waals surface area contributed by atoms with Gasteiger partial charge >= 0.3 is 21.5 Å². The Morgan fingerprint density at radius 2 is 1.89 bits per heavy atom. The lowest BCUT2D eigenvalue weighted by molar-refractivity contribution is -0.235. The van der Waals surface area contributed by atoms with Crippen LogP contribution in [0.3, 0.4) is 0 Å². The van der Waals surface area contributed by atoms with Crippen molar-refractivity contribution in [3.63, 3.8) is 0 Å². The number of alkyl halides is 5. The Morgan fingerprint density at radius 3 is 2.26 bits per heavy atom. The van der Waals surface area contributed by atoms with Crippen molar-refractivity contribution >= 4 is 22.2 Å². The minimum atomic E-state index is -6.30. The third-order valence-corrected chi connectivity index (χ3v) is 3.26. The molecule has 1 N–H and O–H groups in total. The van der Waals surface area contributed by atoms with Gasteiger partial charge in [0.1, 0.15) is 0 Å². The maximum Gasteiger partial charge on any atom is 0.423 e. The normalized spacial score (nSPS) is 15.5. The number of halogens is 5. The highest BCUT2D eigenvalue weighted by molar-refractivity contribution is 7.94. The van der Waals surface area contributed by atoms with Crippen LogP contribution in [0.15, 0.2) is 27.9 Å². The molecule has 0 saturated heterocycles. The molecule has 0 aromatic carbocycles. The standard InChI is InChI=1S/C7H5F5O5S2/c8-6(9,10)5(7(11,12)19(13,14)15)17-18-4-2-1-3-16-4/h1-3,5H,(H,13,14,15). The zero-order valence-electron chi connectivity index (χ0n) is 8.60. The van der Waals surface area contributed by atoms with Gasteiger partial charge in [-0.15, -0.1) is 0 Å². The molecule has 19 heavy (non-hydrogen) atoms. The second kappa shape index (κ2) is 5.26. The van der Waals surface area contributed by atoms with E-state index < -0.39 is 27.7 Å². The van der Waals surface area contributed by atoms with E-state index in [2.05, 4.69) is 8.60 Å². The highest BCUT2D eigenvalue weighted by Gasteiger charge is 2.65. The van der Waals surface area contributed by atoms with Gasteiger partial charge in [0.25, 0.3) is 0 Å². The summed E-state index contributed by atoms with van der Waals surface area (Å²) in [4.78, 5) is 0. The van der Waals surface area contributed by atoms with Gasteiger partial charge in [-0.1, -0.05) is 0 Å². The van der Waals surface area contributed by atoms with Crippen molar-refractivity contribution < 1.29 is 43.5 Å². The zero-order chi connectivity index (χ0) is 14.9. The topological polar surface area (TPSA) is 76.7 Å². The monoisotopic (exact) mass is 328 g/mol. The van der Waals surface area contributed by atoms with Crippen molar-refractivity contribution in [1.82, 2.24) is 0 Å². The van der Waals surface area contributed by atoms with Gasteiger partial charge in [0.2, 0.25) is 6.10 Å². The second-order valence-electron chi connectivity index (χ2n) is 3.07. The molecule has 1 aromatic heterocycles. The van der Waals surface area contributed by atoms with Crippen molar-refractivity contribution in [1.29, 1.82) is 0 Å². The maximum absolute atomic E-state index is 13.0. The fourth-order valence-electron chi connectivity index (χ4n) is 0.843. The second-order valence-corrected chi connectivity index (χ2v) is 5.33. The summed E-state index contributed by atoms with van der Waals surface area (Å²) in [5.74, 6) is 0. The van der Waals surface area contributed by atoms with Crippen molar-refractivity contribution in [2.45, 2.75) is 22.6 Å². The summed E-state index contributed by atoms with van der Waals surface area (Å²) >= 11 is -0.237. The summed E-state index contributed by atoms with van der Waals surface area (Å²) in [5.41, 5.74) is 0. The van der Waals surface area contributed by atoms with E-state index in [-0.39, 0.29) is 17.1 Å². The molecule has 0 aliphatic heterocycles. The Bertz CT molecular complexity index is 508. The predicted octanol–water partition coefficient (Wildman–Crippen LogP) is 2.71. The van der Waals surface area contributed by atoms with Crippen LogP contribution in [0.5, 0.6) is 0 Å². The molecule has 0 bridgehead atoms. The molecule has 0 saturated carbocycles. The SMILES string of the molecule is O=S(=O)(O)C(F)(F)C(OSc1ccco1)C(F)(F)F. The van der Waals surface area contributed by atoms with Crippen molar-refractivity contribution in [2.75, 3.05) is 0 Å².